The largest absolute Gasteiger partial charge is 0.274 e. The molecular formula is C11H8ClN3O2S3. The minimum absolute atomic E-state index is 0.0675. The van der Waals surface area contributed by atoms with Crippen molar-refractivity contribution in [2.75, 3.05) is 4.72 Å². The normalized spacial score (nSPS) is 11.9. The number of fused-ring (bicyclic) bond motifs is 1. The van der Waals surface area contributed by atoms with Crippen LogP contribution in [0.25, 0.3) is 10.2 Å². The highest BCUT2D eigenvalue weighted by atomic mass is 35.5. The molecule has 104 valence electrons. The Morgan fingerprint density at radius 3 is 2.80 bits per heavy atom. The summed E-state index contributed by atoms with van der Waals surface area (Å²) in [7, 11) is -3.68. The van der Waals surface area contributed by atoms with Gasteiger partial charge in [-0.15, -0.1) is 0 Å². The SMILES string of the molecule is Cc1ccc2nc(NS(=O)(=O)c3cnc(Cl)s3)sc2c1. The lowest BCUT2D eigenvalue weighted by Crippen LogP contribution is -2.11. The fourth-order valence-corrected chi connectivity index (χ4v) is 5.10. The van der Waals surface area contributed by atoms with Crippen molar-refractivity contribution in [3.63, 3.8) is 0 Å². The molecule has 0 saturated carbocycles. The Bertz CT molecular complexity index is 885. The first-order valence-electron chi connectivity index (χ1n) is 5.45. The van der Waals surface area contributed by atoms with Crippen molar-refractivity contribution >= 4 is 59.6 Å². The van der Waals surface area contributed by atoms with E-state index in [1.54, 1.807) is 0 Å². The Kier molecular flexibility index (Phi) is 3.41. The quantitative estimate of drug-likeness (QED) is 0.788. The van der Waals surface area contributed by atoms with Crippen LogP contribution in [-0.4, -0.2) is 18.4 Å². The first-order valence-corrected chi connectivity index (χ1v) is 8.95. The van der Waals surface area contributed by atoms with Gasteiger partial charge in [0.2, 0.25) is 0 Å². The third-order valence-corrected chi connectivity index (χ3v) is 6.46. The molecule has 0 radical (unpaired) electrons. The number of hydrogen-bond acceptors (Lipinski definition) is 6. The molecule has 0 bridgehead atoms. The number of rotatable bonds is 3. The third-order valence-electron chi connectivity index (χ3n) is 2.49. The van der Waals surface area contributed by atoms with Crippen LogP contribution < -0.4 is 4.72 Å². The smallest absolute Gasteiger partial charge is 0.254 e. The lowest BCUT2D eigenvalue weighted by atomic mass is 10.2. The third kappa shape index (κ3) is 2.64. The minimum atomic E-state index is -3.68. The van der Waals surface area contributed by atoms with Crippen molar-refractivity contribution in [1.29, 1.82) is 0 Å². The number of hydrogen-bond donors (Lipinski definition) is 1. The number of thiazole rings is 2. The van der Waals surface area contributed by atoms with E-state index in [1.165, 1.54) is 17.5 Å². The molecule has 0 saturated heterocycles. The topological polar surface area (TPSA) is 72.0 Å². The van der Waals surface area contributed by atoms with Crippen molar-refractivity contribution in [3.05, 3.63) is 34.4 Å². The number of anilines is 1. The van der Waals surface area contributed by atoms with Gasteiger partial charge in [-0.2, -0.15) is 0 Å². The summed E-state index contributed by atoms with van der Waals surface area (Å²) in [5.74, 6) is 0. The summed E-state index contributed by atoms with van der Waals surface area (Å²) >= 11 is 7.85. The lowest BCUT2D eigenvalue weighted by molar-refractivity contribution is 0.603. The number of halogens is 1. The van der Waals surface area contributed by atoms with Crippen LogP contribution in [0.4, 0.5) is 5.13 Å². The molecule has 3 rings (SSSR count). The van der Waals surface area contributed by atoms with Crippen LogP contribution in [0.2, 0.25) is 4.47 Å². The number of benzene rings is 1. The highest BCUT2D eigenvalue weighted by Crippen LogP contribution is 2.30. The standard InChI is InChI=1S/C11H8ClN3O2S3/c1-6-2-3-7-8(4-6)18-11(14-7)15-20(16,17)9-5-13-10(12)19-9/h2-5H,1H3,(H,14,15). The second-order valence-electron chi connectivity index (χ2n) is 4.03. The summed E-state index contributed by atoms with van der Waals surface area (Å²) in [4.78, 5) is 7.98. The van der Waals surface area contributed by atoms with Crippen molar-refractivity contribution in [2.45, 2.75) is 11.1 Å². The Hall–Kier alpha value is -1.22. The van der Waals surface area contributed by atoms with Gasteiger partial charge in [-0.1, -0.05) is 40.3 Å². The van der Waals surface area contributed by atoms with Crippen LogP contribution in [0.15, 0.2) is 28.6 Å². The summed E-state index contributed by atoms with van der Waals surface area (Å²) in [6.45, 7) is 1.97. The zero-order valence-electron chi connectivity index (χ0n) is 10.1. The van der Waals surface area contributed by atoms with E-state index in [2.05, 4.69) is 14.7 Å². The Morgan fingerprint density at radius 1 is 1.30 bits per heavy atom. The van der Waals surface area contributed by atoms with Gasteiger partial charge in [-0.05, 0) is 24.6 Å². The first kappa shape index (κ1) is 13.7. The molecule has 0 spiro atoms. The number of nitrogens with zero attached hydrogens (tertiary/aromatic N) is 2. The summed E-state index contributed by atoms with van der Waals surface area (Å²) < 4.78 is 27.9. The molecule has 0 atom stereocenters. The number of aromatic nitrogens is 2. The minimum Gasteiger partial charge on any atom is -0.254 e. The molecule has 0 aliphatic rings. The average Bonchev–Trinajstić information content (AvgIpc) is 2.94. The number of aryl methyl sites for hydroxylation is 1. The summed E-state index contributed by atoms with van der Waals surface area (Å²) in [6.07, 6.45) is 1.23. The fourth-order valence-electron chi connectivity index (χ4n) is 1.60. The van der Waals surface area contributed by atoms with Gasteiger partial charge in [0, 0.05) is 0 Å². The van der Waals surface area contributed by atoms with Gasteiger partial charge in [0.1, 0.15) is 0 Å². The van der Waals surface area contributed by atoms with E-state index < -0.39 is 10.0 Å². The summed E-state index contributed by atoms with van der Waals surface area (Å²) in [5, 5.41) is 0.329. The Balaban J connectivity index is 1.96. The van der Waals surface area contributed by atoms with Crippen LogP contribution in [0.5, 0.6) is 0 Å². The van der Waals surface area contributed by atoms with Crippen molar-refractivity contribution < 1.29 is 8.42 Å². The van der Waals surface area contributed by atoms with Gasteiger partial charge in [-0.3, -0.25) is 4.72 Å². The highest BCUT2D eigenvalue weighted by Gasteiger charge is 2.19. The molecule has 9 heteroatoms. The zero-order chi connectivity index (χ0) is 14.3. The van der Waals surface area contributed by atoms with Gasteiger partial charge in [0.05, 0.1) is 16.4 Å². The van der Waals surface area contributed by atoms with Crippen molar-refractivity contribution in [3.8, 4) is 0 Å². The van der Waals surface area contributed by atoms with Crippen LogP contribution in [0.1, 0.15) is 5.56 Å². The van der Waals surface area contributed by atoms with Gasteiger partial charge in [0.25, 0.3) is 10.0 Å². The van der Waals surface area contributed by atoms with Gasteiger partial charge in [0.15, 0.2) is 13.8 Å². The van der Waals surface area contributed by atoms with Crippen molar-refractivity contribution in [2.24, 2.45) is 0 Å². The average molecular weight is 346 g/mol. The van der Waals surface area contributed by atoms with Crippen LogP contribution >= 0.6 is 34.3 Å². The van der Waals surface area contributed by atoms with E-state index in [1.807, 2.05) is 25.1 Å². The summed E-state index contributed by atoms with van der Waals surface area (Å²) in [5.41, 5.74) is 1.87. The van der Waals surface area contributed by atoms with E-state index in [0.717, 1.165) is 27.1 Å². The van der Waals surface area contributed by atoms with Crippen LogP contribution in [-0.2, 0) is 10.0 Å². The number of nitrogens with one attached hydrogen (secondary N) is 1. The predicted octanol–water partition coefficient (Wildman–Crippen LogP) is 3.52. The van der Waals surface area contributed by atoms with Crippen LogP contribution in [0.3, 0.4) is 0 Å². The monoisotopic (exact) mass is 345 g/mol. The van der Waals surface area contributed by atoms with Gasteiger partial charge >= 0.3 is 0 Å². The maximum Gasteiger partial charge on any atom is 0.274 e. The fraction of sp³-hybridized carbons (Fsp3) is 0.0909. The molecule has 3 aromatic rings. The molecule has 5 nitrogen and oxygen atoms in total. The van der Waals surface area contributed by atoms with E-state index in [-0.39, 0.29) is 8.68 Å². The second kappa shape index (κ2) is 4.96. The van der Waals surface area contributed by atoms with Gasteiger partial charge in [-0.25, -0.2) is 18.4 Å². The highest BCUT2D eigenvalue weighted by molar-refractivity contribution is 7.94. The maximum absolute atomic E-state index is 12.1. The van der Waals surface area contributed by atoms with E-state index in [4.69, 9.17) is 11.6 Å². The van der Waals surface area contributed by atoms with E-state index in [9.17, 15) is 8.42 Å². The van der Waals surface area contributed by atoms with Gasteiger partial charge < -0.3 is 0 Å². The molecule has 0 amide bonds. The molecule has 20 heavy (non-hydrogen) atoms. The Labute approximate surface area is 128 Å². The predicted molar refractivity (Wildman–Crippen MR) is 82.3 cm³/mol. The van der Waals surface area contributed by atoms with E-state index >= 15 is 0 Å². The molecule has 1 N–H and O–H groups in total. The molecule has 0 unspecified atom stereocenters. The molecule has 0 aliphatic heterocycles. The van der Waals surface area contributed by atoms with Crippen LogP contribution in [0, 0.1) is 6.92 Å². The van der Waals surface area contributed by atoms with E-state index in [0.29, 0.717) is 5.13 Å². The second-order valence-corrected chi connectivity index (χ2v) is 8.58. The molecule has 2 aromatic heterocycles. The molecular weight excluding hydrogens is 338 g/mol. The maximum atomic E-state index is 12.1. The number of sulfonamides is 1. The zero-order valence-corrected chi connectivity index (χ0v) is 13.3. The molecule has 2 heterocycles. The van der Waals surface area contributed by atoms with Crippen molar-refractivity contribution in [1.82, 2.24) is 9.97 Å². The first-order chi connectivity index (χ1) is 9.44. The molecule has 0 fully saturated rings. The summed E-state index contributed by atoms with van der Waals surface area (Å²) in [6, 6.07) is 5.76. The molecule has 1 aromatic carbocycles. The lowest BCUT2D eigenvalue weighted by Gasteiger charge is -2.00. The molecule has 0 aliphatic carbocycles. The Morgan fingerprint density at radius 2 is 2.10 bits per heavy atom.